The van der Waals surface area contributed by atoms with Gasteiger partial charge in [-0.3, -0.25) is 0 Å². The van der Waals surface area contributed by atoms with Crippen LogP contribution in [0.2, 0.25) is 0 Å². The van der Waals surface area contributed by atoms with Gasteiger partial charge in [-0.15, -0.1) is 0 Å². The lowest BCUT2D eigenvalue weighted by Gasteiger charge is -2.40. The second kappa shape index (κ2) is 7.08. The van der Waals surface area contributed by atoms with Crippen LogP contribution in [0.3, 0.4) is 0 Å². The minimum absolute atomic E-state index is 0.774. The van der Waals surface area contributed by atoms with Crippen molar-refractivity contribution >= 4 is 0 Å². The quantitative estimate of drug-likeness (QED) is 0.758. The van der Waals surface area contributed by atoms with Gasteiger partial charge in [-0.05, 0) is 69.9 Å². The van der Waals surface area contributed by atoms with Gasteiger partial charge in [0.2, 0.25) is 0 Å². The van der Waals surface area contributed by atoms with Crippen LogP contribution in [0.25, 0.3) is 0 Å². The second-order valence-electron chi connectivity index (χ2n) is 7.31. The highest BCUT2D eigenvalue weighted by molar-refractivity contribution is 4.90. The molecule has 2 aliphatic rings. The predicted molar refractivity (Wildman–Crippen MR) is 83.4 cm³/mol. The lowest BCUT2D eigenvalue weighted by molar-refractivity contribution is 0.130. The van der Waals surface area contributed by atoms with Crippen molar-refractivity contribution < 1.29 is 0 Å². The van der Waals surface area contributed by atoms with Gasteiger partial charge in [0.15, 0.2) is 0 Å². The summed E-state index contributed by atoms with van der Waals surface area (Å²) in [6, 6.07) is 1.68. The molecule has 0 radical (unpaired) electrons. The highest BCUT2D eigenvalue weighted by Crippen LogP contribution is 2.36. The van der Waals surface area contributed by atoms with Gasteiger partial charge >= 0.3 is 0 Å². The molecule has 2 heteroatoms. The molecular formula is C17H34N2. The molecule has 0 aliphatic heterocycles. The van der Waals surface area contributed by atoms with Gasteiger partial charge in [-0.2, -0.15) is 0 Å². The number of nitrogens with zero attached hydrogens (tertiary/aromatic N) is 1. The maximum absolute atomic E-state index is 3.82. The van der Waals surface area contributed by atoms with E-state index in [1.54, 1.807) is 0 Å². The average Bonchev–Trinajstić information content (AvgIpc) is 3.21. The molecule has 2 fully saturated rings. The molecule has 0 aromatic carbocycles. The first-order chi connectivity index (χ1) is 9.11. The Hall–Kier alpha value is -0.0800. The molecule has 3 unspecified atom stereocenters. The normalized spacial score (nSPS) is 32.2. The van der Waals surface area contributed by atoms with E-state index in [9.17, 15) is 0 Å². The Kier molecular flexibility index (Phi) is 5.70. The molecule has 2 saturated carbocycles. The van der Waals surface area contributed by atoms with Gasteiger partial charge in [0, 0.05) is 18.6 Å². The summed E-state index contributed by atoms with van der Waals surface area (Å²) in [5.74, 6) is 2.69. The largest absolute Gasteiger partial charge is 0.314 e. The summed E-state index contributed by atoms with van der Waals surface area (Å²) in [6.45, 7) is 9.60. The topological polar surface area (TPSA) is 15.3 Å². The van der Waals surface area contributed by atoms with Crippen LogP contribution in [0.5, 0.6) is 0 Å². The third-order valence-corrected chi connectivity index (χ3v) is 5.32. The maximum atomic E-state index is 3.82. The van der Waals surface area contributed by atoms with Crippen molar-refractivity contribution in [2.75, 3.05) is 20.1 Å². The minimum Gasteiger partial charge on any atom is -0.314 e. The van der Waals surface area contributed by atoms with Crippen LogP contribution < -0.4 is 5.32 Å². The van der Waals surface area contributed by atoms with Crippen molar-refractivity contribution in [3.05, 3.63) is 0 Å². The van der Waals surface area contributed by atoms with E-state index in [4.69, 9.17) is 0 Å². The molecule has 3 atom stereocenters. The maximum Gasteiger partial charge on any atom is 0.0108 e. The van der Waals surface area contributed by atoms with Crippen LogP contribution in [0.4, 0.5) is 0 Å². The first-order valence-corrected chi connectivity index (χ1v) is 8.55. The van der Waals surface area contributed by atoms with E-state index < -0.39 is 0 Å². The van der Waals surface area contributed by atoms with Crippen LogP contribution in [-0.2, 0) is 0 Å². The summed E-state index contributed by atoms with van der Waals surface area (Å²) in [5, 5.41) is 3.82. The lowest BCUT2D eigenvalue weighted by Crippen LogP contribution is -2.46. The average molecular weight is 266 g/mol. The fraction of sp³-hybridized carbons (Fsp3) is 1.00. The molecule has 2 nitrogen and oxygen atoms in total. The molecule has 0 spiro atoms. The molecule has 19 heavy (non-hydrogen) atoms. The molecule has 0 aromatic heterocycles. The van der Waals surface area contributed by atoms with Crippen LogP contribution in [0.1, 0.15) is 59.3 Å². The van der Waals surface area contributed by atoms with E-state index >= 15 is 0 Å². The number of hydrogen-bond acceptors (Lipinski definition) is 2. The summed E-state index contributed by atoms with van der Waals surface area (Å²) in [4.78, 5) is 2.63. The van der Waals surface area contributed by atoms with Crippen LogP contribution in [-0.4, -0.2) is 37.1 Å². The van der Waals surface area contributed by atoms with Crippen molar-refractivity contribution in [1.29, 1.82) is 0 Å². The summed E-state index contributed by atoms with van der Waals surface area (Å²) < 4.78 is 0. The van der Waals surface area contributed by atoms with E-state index in [2.05, 4.69) is 38.0 Å². The van der Waals surface area contributed by atoms with Crippen molar-refractivity contribution in [3.8, 4) is 0 Å². The van der Waals surface area contributed by atoms with Gasteiger partial charge in [0.1, 0.15) is 0 Å². The van der Waals surface area contributed by atoms with Crippen molar-refractivity contribution in [2.24, 2.45) is 17.8 Å². The Morgan fingerprint density at radius 1 is 1.16 bits per heavy atom. The molecule has 112 valence electrons. The Labute approximate surface area is 120 Å². The smallest absolute Gasteiger partial charge is 0.0108 e. The first kappa shape index (κ1) is 15.3. The van der Waals surface area contributed by atoms with Gasteiger partial charge in [-0.25, -0.2) is 0 Å². The lowest BCUT2D eigenvalue weighted by atomic mass is 9.73. The van der Waals surface area contributed by atoms with E-state index in [-0.39, 0.29) is 0 Å². The van der Waals surface area contributed by atoms with Crippen LogP contribution >= 0.6 is 0 Å². The summed E-state index contributed by atoms with van der Waals surface area (Å²) >= 11 is 0. The monoisotopic (exact) mass is 266 g/mol. The van der Waals surface area contributed by atoms with E-state index in [0.29, 0.717) is 0 Å². The summed E-state index contributed by atoms with van der Waals surface area (Å²) in [7, 11) is 2.34. The SMILES string of the molecule is CCCNC1CCC(C(C)C)CC1CN(C)C1CC1. The second-order valence-corrected chi connectivity index (χ2v) is 7.31. The molecule has 0 bridgehead atoms. The Bertz CT molecular complexity index is 258. The third-order valence-electron chi connectivity index (χ3n) is 5.32. The summed E-state index contributed by atoms with van der Waals surface area (Å²) in [5.41, 5.74) is 0. The molecule has 2 rings (SSSR count). The minimum atomic E-state index is 0.774. The number of rotatable bonds is 7. The van der Waals surface area contributed by atoms with Crippen molar-refractivity contribution in [3.63, 3.8) is 0 Å². The number of nitrogens with one attached hydrogen (secondary N) is 1. The Balaban J connectivity index is 1.89. The Morgan fingerprint density at radius 2 is 1.89 bits per heavy atom. The van der Waals surface area contributed by atoms with E-state index in [0.717, 1.165) is 29.8 Å². The molecular weight excluding hydrogens is 232 g/mol. The van der Waals surface area contributed by atoms with Crippen molar-refractivity contribution in [2.45, 2.75) is 71.4 Å². The molecule has 0 amide bonds. The van der Waals surface area contributed by atoms with Gasteiger partial charge < -0.3 is 10.2 Å². The van der Waals surface area contributed by atoms with Crippen LogP contribution in [0.15, 0.2) is 0 Å². The zero-order chi connectivity index (χ0) is 13.8. The molecule has 2 aliphatic carbocycles. The van der Waals surface area contributed by atoms with Crippen molar-refractivity contribution in [1.82, 2.24) is 10.2 Å². The van der Waals surface area contributed by atoms with Gasteiger partial charge in [0.05, 0.1) is 0 Å². The third kappa shape index (κ3) is 4.46. The van der Waals surface area contributed by atoms with E-state index in [1.807, 2.05) is 0 Å². The van der Waals surface area contributed by atoms with Crippen LogP contribution in [0, 0.1) is 17.8 Å². The fourth-order valence-corrected chi connectivity index (χ4v) is 3.74. The number of hydrogen-bond donors (Lipinski definition) is 1. The molecule has 1 N–H and O–H groups in total. The van der Waals surface area contributed by atoms with Gasteiger partial charge in [0.25, 0.3) is 0 Å². The highest BCUT2D eigenvalue weighted by Gasteiger charge is 2.34. The van der Waals surface area contributed by atoms with Gasteiger partial charge in [-0.1, -0.05) is 20.8 Å². The zero-order valence-electron chi connectivity index (χ0n) is 13.5. The molecule has 0 saturated heterocycles. The highest BCUT2D eigenvalue weighted by atomic mass is 15.2. The zero-order valence-corrected chi connectivity index (χ0v) is 13.5. The van der Waals surface area contributed by atoms with E-state index in [1.165, 1.54) is 51.6 Å². The molecule has 0 heterocycles. The molecule has 0 aromatic rings. The summed E-state index contributed by atoms with van der Waals surface area (Å²) in [6.07, 6.45) is 8.40. The fourth-order valence-electron chi connectivity index (χ4n) is 3.74. The standard InChI is InChI=1S/C17H34N2/c1-5-10-18-17-9-6-14(13(2)3)11-15(17)12-19(4)16-7-8-16/h13-18H,5-12H2,1-4H3. The predicted octanol–water partition coefficient (Wildman–Crippen LogP) is 3.52. The first-order valence-electron chi connectivity index (χ1n) is 8.55. The Morgan fingerprint density at radius 3 is 2.47 bits per heavy atom.